The summed E-state index contributed by atoms with van der Waals surface area (Å²) in [6.07, 6.45) is 1.62. The molecular weight excluding hydrogens is 140 g/mol. The molecule has 0 aromatic rings. The molecule has 0 aromatic carbocycles. The number of nitrogens with zero attached hydrogens (tertiary/aromatic N) is 1. The van der Waals surface area contributed by atoms with E-state index >= 15 is 0 Å². The third-order valence-corrected chi connectivity index (χ3v) is 2.35. The highest BCUT2D eigenvalue weighted by atomic mass is 16.3. The maximum absolute atomic E-state index is 8.94. The molecule has 1 heterocycles. The Kier molecular flexibility index (Phi) is 3.34. The van der Waals surface area contributed by atoms with Crippen molar-refractivity contribution in [1.82, 2.24) is 5.32 Å². The highest BCUT2D eigenvalue weighted by molar-refractivity contribution is 4.84. The van der Waals surface area contributed by atoms with Gasteiger partial charge in [-0.25, -0.2) is 0 Å². The molecular formula is C8H14N2O. The van der Waals surface area contributed by atoms with Crippen LogP contribution < -0.4 is 5.32 Å². The van der Waals surface area contributed by atoms with Crippen LogP contribution >= 0.6 is 0 Å². The van der Waals surface area contributed by atoms with Crippen molar-refractivity contribution < 1.29 is 5.11 Å². The van der Waals surface area contributed by atoms with E-state index < -0.39 is 0 Å². The minimum absolute atomic E-state index is 0.208. The van der Waals surface area contributed by atoms with Gasteiger partial charge < -0.3 is 10.4 Å². The Morgan fingerprint density at radius 2 is 2.36 bits per heavy atom. The van der Waals surface area contributed by atoms with Gasteiger partial charge in [-0.15, -0.1) is 0 Å². The summed E-state index contributed by atoms with van der Waals surface area (Å²) in [7, 11) is 0. The van der Waals surface area contributed by atoms with E-state index in [2.05, 4.69) is 11.4 Å². The lowest BCUT2D eigenvalue weighted by Gasteiger charge is -2.28. The Labute approximate surface area is 67.0 Å². The summed E-state index contributed by atoms with van der Waals surface area (Å²) >= 11 is 0. The van der Waals surface area contributed by atoms with Crippen LogP contribution in [0.3, 0.4) is 0 Å². The normalized spacial score (nSPS) is 31.3. The third-order valence-electron chi connectivity index (χ3n) is 2.35. The van der Waals surface area contributed by atoms with Gasteiger partial charge in [0.1, 0.15) is 0 Å². The quantitative estimate of drug-likeness (QED) is 0.594. The van der Waals surface area contributed by atoms with Crippen LogP contribution in [0.15, 0.2) is 0 Å². The molecule has 3 heteroatoms. The van der Waals surface area contributed by atoms with Crippen molar-refractivity contribution in [3.8, 4) is 6.07 Å². The van der Waals surface area contributed by atoms with E-state index in [4.69, 9.17) is 10.4 Å². The molecule has 2 atom stereocenters. The fourth-order valence-electron chi connectivity index (χ4n) is 1.58. The zero-order valence-corrected chi connectivity index (χ0v) is 6.58. The summed E-state index contributed by atoms with van der Waals surface area (Å²) in [5.74, 6) is 0.703. The van der Waals surface area contributed by atoms with E-state index in [1.807, 2.05) is 0 Å². The maximum atomic E-state index is 8.94. The lowest BCUT2D eigenvalue weighted by molar-refractivity contribution is 0.148. The molecule has 1 aliphatic rings. The zero-order chi connectivity index (χ0) is 8.10. The molecule has 1 saturated heterocycles. The average molecular weight is 154 g/mol. The van der Waals surface area contributed by atoms with Gasteiger partial charge in [0, 0.05) is 19.6 Å². The predicted octanol–water partition coefficient (Wildman–Crippen LogP) is 0.118. The molecule has 0 aliphatic carbocycles. The molecule has 1 aliphatic heterocycles. The van der Waals surface area contributed by atoms with Crippen molar-refractivity contribution in [2.75, 3.05) is 19.7 Å². The molecule has 62 valence electrons. The first-order valence-electron chi connectivity index (χ1n) is 4.07. The molecule has 0 radical (unpaired) electrons. The summed E-state index contributed by atoms with van der Waals surface area (Å²) in [5.41, 5.74) is 0. The molecule has 1 rings (SSSR count). The monoisotopic (exact) mass is 154 g/mol. The number of rotatable bonds is 2. The predicted molar refractivity (Wildman–Crippen MR) is 41.8 cm³/mol. The Morgan fingerprint density at radius 1 is 1.55 bits per heavy atom. The van der Waals surface area contributed by atoms with Crippen LogP contribution in [-0.4, -0.2) is 24.8 Å². The number of hydrogen-bond donors (Lipinski definition) is 2. The second-order valence-corrected chi connectivity index (χ2v) is 3.06. The number of nitrogens with one attached hydrogen (secondary N) is 1. The Morgan fingerprint density at radius 3 is 3.00 bits per heavy atom. The molecule has 3 nitrogen and oxygen atoms in total. The first-order chi connectivity index (χ1) is 5.38. The van der Waals surface area contributed by atoms with Crippen LogP contribution in [0.5, 0.6) is 0 Å². The van der Waals surface area contributed by atoms with Crippen molar-refractivity contribution in [2.45, 2.75) is 12.8 Å². The van der Waals surface area contributed by atoms with E-state index in [1.165, 1.54) is 0 Å². The SMILES string of the molecule is N#CCC1CCNCC1CO. The van der Waals surface area contributed by atoms with E-state index in [0.29, 0.717) is 18.3 Å². The minimum atomic E-state index is 0.208. The van der Waals surface area contributed by atoms with Gasteiger partial charge in [0.25, 0.3) is 0 Å². The summed E-state index contributed by atoms with van der Waals surface area (Å²) in [6.45, 7) is 2.06. The number of aliphatic hydroxyl groups excluding tert-OH is 1. The van der Waals surface area contributed by atoms with Crippen LogP contribution in [0.25, 0.3) is 0 Å². The van der Waals surface area contributed by atoms with Crippen molar-refractivity contribution in [3.05, 3.63) is 0 Å². The minimum Gasteiger partial charge on any atom is -0.396 e. The van der Waals surface area contributed by atoms with Crippen LogP contribution in [0.2, 0.25) is 0 Å². The fraction of sp³-hybridized carbons (Fsp3) is 0.875. The molecule has 11 heavy (non-hydrogen) atoms. The smallest absolute Gasteiger partial charge is 0.0624 e. The highest BCUT2D eigenvalue weighted by Gasteiger charge is 2.23. The van der Waals surface area contributed by atoms with Gasteiger partial charge >= 0.3 is 0 Å². The van der Waals surface area contributed by atoms with Gasteiger partial charge in [-0.3, -0.25) is 0 Å². The molecule has 0 bridgehead atoms. The lowest BCUT2D eigenvalue weighted by atomic mass is 9.85. The number of aliphatic hydroxyl groups is 1. The van der Waals surface area contributed by atoms with E-state index in [1.54, 1.807) is 0 Å². The second kappa shape index (κ2) is 4.32. The van der Waals surface area contributed by atoms with Gasteiger partial charge in [0.15, 0.2) is 0 Å². The molecule has 0 saturated carbocycles. The van der Waals surface area contributed by atoms with Crippen LogP contribution in [-0.2, 0) is 0 Å². The maximum Gasteiger partial charge on any atom is 0.0624 e. The van der Waals surface area contributed by atoms with Gasteiger partial charge in [-0.1, -0.05) is 0 Å². The van der Waals surface area contributed by atoms with E-state index in [9.17, 15) is 0 Å². The summed E-state index contributed by atoms with van der Waals surface area (Å²) in [5, 5.41) is 20.6. The molecule has 0 spiro atoms. The van der Waals surface area contributed by atoms with Gasteiger partial charge in [-0.2, -0.15) is 5.26 Å². The Balaban J connectivity index is 2.39. The van der Waals surface area contributed by atoms with E-state index in [-0.39, 0.29) is 6.61 Å². The van der Waals surface area contributed by atoms with Crippen molar-refractivity contribution in [2.24, 2.45) is 11.8 Å². The van der Waals surface area contributed by atoms with Gasteiger partial charge in [0.2, 0.25) is 0 Å². The topological polar surface area (TPSA) is 56.0 Å². The highest BCUT2D eigenvalue weighted by Crippen LogP contribution is 2.21. The zero-order valence-electron chi connectivity index (χ0n) is 6.58. The van der Waals surface area contributed by atoms with Crippen molar-refractivity contribution in [1.29, 1.82) is 5.26 Å². The standard InChI is InChI=1S/C8H14N2O/c9-3-1-7-2-4-10-5-8(7)6-11/h7-8,10-11H,1-2,4-6H2. The Hall–Kier alpha value is -0.590. The van der Waals surface area contributed by atoms with Crippen LogP contribution in [0.1, 0.15) is 12.8 Å². The average Bonchev–Trinajstić information content (AvgIpc) is 2.06. The lowest BCUT2D eigenvalue weighted by Crippen LogP contribution is -2.38. The fourth-order valence-corrected chi connectivity index (χ4v) is 1.58. The summed E-state index contributed by atoms with van der Waals surface area (Å²) in [6, 6.07) is 2.16. The number of piperidine rings is 1. The molecule has 2 N–H and O–H groups in total. The Bertz CT molecular complexity index is 153. The van der Waals surface area contributed by atoms with Crippen molar-refractivity contribution >= 4 is 0 Å². The van der Waals surface area contributed by atoms with E-state index in [0.717, 1.165) is 19.5 Å². The molecule has 2 unspecified atom stereocenters. The largest absolute Gasteiger partial charge is 0.396 e. The number of nitriles is 1. The number of hydrogen-bond acceptors (Lipinski definition) is 3. The summed E-state index contributed by atoms with van der Waals surface area (Å²) in [4.78, 5) is 0. The van der Waals surface area contributed by atoms with Gasteiger partial charge in [-0.05, 0) is 24.8 Å². The first kappa shape index (κ1) is 8.51. The molecule has 0 aromatic heterocycles. The first-order valence-corrected chi connectivity index (χ1v) is 4.07. The summed E-state index contributed by atoms with van der Waals surface area (Å²) < 4.78 is 0. The van der Waals surface area contributed by atoms with Gasteiger partial charge in [0.05, 0.1) is 6.07 Å². The van der Waals surface area contributed by atoms with Crippen molar-refractivity contribution in [3.63, 3.8) is 0 Å². The molecule has 1 fully saturated rings. The molecule has 0 amide bonds. The van der Waals surface area contributed by atoms with Crippen LogP contribution in [0.4, 0.5) is 0 Å². The second-order valence-electron chi connectivity index (χ2n) is 3.06. The van der Waals surface area contributed by atoms with Crippen LogP contribution in [0, 0.1) is 23.2 Å². The third kappa shape index (κ3) is 2.18.